The summed E-state index contributed by atoms with van der Waals surface area (Å²) in [6.45, 7) is 0. The van der Waals surface area contributed by atoms with Crippen molar-refractivity contribution in [1.29, 1.82) is 5.26 Å². The summed E-state index contributed by atoms with van der Waals surface area (Å²) in [7, 11) is 1.73. The molecular weight excluding hydrogens is 296 g/mol. The van der Waals surface area contributed by atoms with Crippen LogP contribution in [0.15, 0.2) is 34.9 Å². The van der Waals surface area contributed by atoms with Gasteiger partial charge in [0.15, 0.2) is 0 Å². The third kappa shape index (κ3) is 2.76. The zero-order chi connectivity index (χ0) is 13.0. The Kier molecular flexibility index (Phi) is 3.75. The van der Waals surface area contributed by atoms with Gasteiger partial charge in [-0.1, -0.05) is 6.07 Å². The lowest BCUT2D eigenvalue weighted by atomic mass is 10.2. The average Bonchev–Trinajstić information content (AvgIpc) is 2.41. The van der Waals surface area contributed by atoms with Crippen LogP contribution in [-0.4, -0.2) is 17.0 Å². The maximum absolute atomic E-state index is 8.81. The fourth-order valence-corrected chi connectivity index (χ4v) is 1.56. The molecule has 1 N–H and O–H groups in total. The van der Waals surface area contributed by atoms with Crippen molar-refractivity contribution >= 4 is 21.9 Å². The molecule has 90 valence electrons. The molecule has 0 atom stereocenters. The molecule has 0 aliphatic carbocycles. The lowest BCUT2D eigenvalue weighted by molar-refractivity contribution is 0.459. The van der Waals surface area contributed by atoms with E-state index >= 15 is 0 Å². The third-order valence-electron chi connectivity index (χ3n) is 2.11. The molecule has 0 unspecified atom stereocenters. The minimum atomic E-state index is 0.393. The number of rotatable bonds is 3. The van der Waals surface area contributed by atoms with Crippen molar-refractivity contribution in [2.45, 2.75) is 0 Å². The highest BCUT2D eigenvalue weighted by Gasteiger charge is 2.07. The Morgan fingerprint density at radius 3 is 3.00 bits per heavy atom. The topological polar surface area (TPSA) is 70.8 Å². The largest absolute Gasteiger partial charge is 0.438 e. The molecular formula is C12H9BrN4O. The fraction of sp³-hybridized carbons (Fsp3) is 0.0833. The maximum atomic E-state index is 8.81. The molecule has 0 bridgehead atoms. The molecule has 1 aromatic heterocycles. The molecule has 0 saturated heterocycles. The van der Waals surface area contributed by atoms with Crippen molar-refractivity contribution < 1.29 is 4.74 Å². The van der Waals surface area contributed by atoms with E-state index in [1.54, 1.807) is 37.5 Å². The quantitative estimate of drug-likeness (QED) is 0.944. The molecule has 0 radical (unpaired) electrons. The van der Waals surface area contributed by atoms with Crippen LogP contribution in [0.25, 0.3) is 0 Å². The minimum Gasteiger partial charge on any atom is -0.438 e. The van der Waals surface area contributed by atoms with Crippen molar-refractivity contribution in [3.05, 3.63) is 40.5 Å². The molecule has 0 aliphatic rings. The normalized spacial score (nSPS) is 9.61. The zero-order valence-corrected chi connectivity index (χ0v) is 11.1. The number of aromatic nitrogens is 2. The maximum Gasteiger partial charge on any atom is 0.238 e. The Bertz CT molecular complexity index is 609. The van der Waals surface area contributed by atoms with Crippen LogP contribution in [0.3, 0.4) is 0 Å². The van der Waals surface area contributed by atoms with Crippen molar-refractivity contribution in [3.63, 3.8) is 0 Å². The van der Waals surface area contributed by atoms with Crippen LogP contribution in [0.4, 0.5) is 5.95 Å². The smallest absolute Gasteiger partial charge is 0.238 e. The van der Waals surface area contributed by atoms with E-state index in [1.165, 1.54) is 0 Å². The van der Waals surface area contributed by atoms with E-state index in [0.717, 1.165) is 0 Å². The lowest BCUT2D eigenvalue weighted by Crippen LogP contribution is -1.98. The van der Waals surface area contributed by atoms with E-state index in [2.05, 4.69) is 37.3 Å². The number of benzene rings is 1. The van der Waals surface area contributed by atoms with Crippen LogP contribution in [0, 0.1) is 11.3 Å². The first-order valence-electron chi connectivity index (χ1n) is 5.11. The van der Waals surface area contributed by atoms with Crippen LogP contribution in [0.2, 0.25) is 0 Å². The number of anilines is 1. The summed E-state index contributed by atoms with van der Waals surface area (Å²) in [5.74, 6) is 1.41. The van der Waals surface area contributed by atoms with Gasteiger partial charge in [-0.2, -0.15) is 10.2 Å². The number of halogens is 1. The standard InChI is InChI=1S/C12H9BrN4O/c1-15-12-16-7-10(13)11(17-12)18-9-4-2-3-8(5-9)6-14/h2-5,7H,1H3,(H,15,16,17). The molecule has 6 heteroatoms. The van der Waals surface area contributed by atoms with E-state index < -0.39 is 0 Å². The summed E-state index contributed by atoms with van der Waals surface area (Å²) in [5, 5.41) is 11.6. The molecule has 2 aromatic rings. The highest BCUT2D eigenvalue weighted by atomic mass is 79.9. The van der Waals surface area contributed by atoms with E-state index in [9.17, 15) is 0 Å². The van der Waals surface area contributed by atoms with Gasteiger partial charge in [-0.25, -0.2) is 4.98 Å². The molecule has 0 fully saturated rings. The van der Waals surface area contributed by atoms with Gasteiger partial charge in [-0.3, -0.25) is 0 Å². The van der Waals surface area contributed by atoms with Crippen LogP contribution in [0.5, 0.6) is 11.6 Å². The van der Waals surface area contributed by atoms with E-state index in [4.69, 9.17) is 10.00 Å². The van der Waals surface area contributed by atoms with Gasteiger partial charge < -0.3 is 10.1 Å². The van der Waals surface area contributed by atoms with E-state index in [1.807, 2.05) is 0 Å². The van der Waals surface area contributed by atoms with Gasteiger partial charge in [0.1, 0.15) is 5.75 Å². The Morgan fingerprint density at radius 2 is 2.28 bits per heavy atom. The van der Waals surface area contributed by atoms with E-state index in [-0.39, 0.29) is 0 Å². The number of nitrogens with one attached hydrogen (secondary N) is 1. The predicted molar refractivity (Wildman–Crippen MR) is 70.5 cm³/mol. The molecule has 0 amide bonds. The van der Waals surface area contributed by atoms with Crippen LogP contribution >= 0.6 is 15.9 Å². The Morgan fingerprint density at radius 1 is 1.44 bits per heavy atom. The first-order chi connectivity index (χ1) is 8.72. The number of hydrogen-bond donors (Lipinski definition) is 1. The first kappa shape index (κ1) is 12.3. The third-order valence-corrected chi connectivity index (χ3v) is 2.66. The zero-order valence-electron chi connectivity index (χ0n) is 9.51. The number of nitriles is 1. The highest BCUT2D eigenvalue weighted by molar-refractivity contribution is 9.10. The van der Waals surface area contributed by atoms with Crippen LogP contribution in [-0.2, 0) is 0 Å². The molecule has 0 saturated carbocycles. The second-order valence-corrected chi connectivity index (χ2v) is 4.19. The van der Waals surface area contributed by atoms with Gasteiger partial charge in [0.25, 0.3) is 0 Å². The SMILES string of the molecule is CNc1ncc(Br)c(Oc2cccc(C#N)c2)n1. The fourth-order valence-electron chi connectivity index (χ4n) is 1.28. The van der Waals surface area contributed by atoms with Gasteiger partial charge in [0.05, 0.1) is 22.3 Å². The predicted octanol–water partition coefficient (Wildman–Crippen LogP) is 2.94. The molecule has 0 spiro atoms. The molecule has 5 nitrogen and oxygen atoms in total. The highest BCUT2D eigenvalue weighted by Crippen LogP contribution is 2.28. The summed E-state index contributed by atoms with van der Waals surface area (Å²) in [4.78, 5) is 8.20. The second-order valence-electron chi connectivity index (χ2n) is 3.34. The van der Waals surface area contributed by atoms with E-state index in [0.29, 0.717) is 27.6 Å². The Labute approximate surface area is 113 Å². The molecule has 2 rings (SSSR count). The van der Waals surface area contributed by atoms with Crippen LogP contribution < -0.4 is 10.1 Å². The van der Waals surface area contributed by atoms with Gasteiger partial charge >= 0.3 is 0 Å². The number of ether oxygens (including phenoxy) is 1. The molecule has 1 aromatic carbocycles. The average molecular weight is 305 g/mol. The lowest BCUT2D eigenvalue weighted by Gasteiger charge is -2.07. The molecule has 0 aliphatic heterocycles. The summed E-state index contributed by atoms with van der Waals surface area (Å²) in [6.07, 6.45) is 1.60. The number of hydrogen-bond acceptors (Lipinski definition) is 5. The van der Waals surface area contributed by atoms with Crippen molar-refractivity contribution in [2.75, 3.05) is 12.4 Å². The van der Waals surface area contributed by atoms with Gasteiger partial charge in [-0.05, 0) is 34.1 Å². The summed E-state index contributed by atoms with van der Waals surface area (Å²) >= 11 is 3.31. The van der Waals surface area contributed by atoms with Crippen LogP contribution in [0.1, 0.15) is 5.56 Å². The summed E-state index contributed by atoms with van der Waals surface area (Å²) < 4.78 is 6.25. The first-order valence-corrected chi connectivity index (χ1v) is 5.90. The summed E-state index contributed by atoms with van der Waals surface area (Å²) in [6, 6.07) is 8.92. The van der Waals surface area contributed by atoms with Crippen molar-refractivity contribution in [3.8, 4) is 17.7 Å². The van der Waals surface area contributed by atoms with Gasteiger partial charge in [0.2, 0.25) is 11.8 Å². The molecule has 18 heavy (non-hydrogen) atoms. The second kappa shape index (κ2) is 5.47. The number of nitrogens with zero attached hydrogens (tertiary/aromatic N) is 3. The van der Waals surface area contributed by atoms with Crippen molar-refractivity contribution in [1.82, 2.24) is 9.97 Å². The summed E-state index contributed by atoms with van der Waals surface area (Å²) in [5.41, 5.74) is 0.534. The minimum absolute atomic E-state index is 0.393. The monoisotopic (exact) mass is 304 g/mol. The Hall–Kier alpha value is -2.13. The van der Waals surface area contributed by atoms with Gasteiger partial charge in [-0.15, -0.1) is 0 Å². The molecule has 1 heterocycles. The Balaban J connectivity index is 2.30. The van der Waals surface area contributed by atoms with Gasteiger partial charge in [0, 0.05) is 7.05 Å². The van der Waals surface area contributed by atoms with Crippen molar-refractivity contribution in [2.24, 2.45) is 0 Å².